The molecule has 7 heteroatoms. The summed E-state index contributed by atoms with van der Waals surface area (Å²) in [5.41, 5.74) is 0. The van der Waals surface area contributed by atoms with Crippen molar-refractivity contribution in [1.29, 1.82) is 0 Å². The van der Waals surface area contributed by atoms with Crippen molar-refractivity contribution < 1.29 is 14.3 Å². The highest BCUT2D eigenvalue weighted by Crippen LogP contribution is 2.27. The van der Waals surface area contributed by atoms with Gasteiger partial charge in [0.15, 0.2) is 5.96 Å². The lowest BCUT2D eigenvalue weighted by atomic mass is 10.1. The Hall–Kier alpha value is -1.79. The summed E-state index contributed by atoms with van der Waals surface area (Å²) in [7, 11) is 3.16. The maximum atomic E-state index is 12.5. The van der Waals surface area contributed by atoms with E-state index >= 15 is 0 Å². The van der Waals surface area contributed by atoms with Crippen molar-refractivity contribution in [2.45, 2.75) is 57.4 Å². The molecule has 1 unspecified atom stereocenters. The summed E-state index contributed by atoms with van der Waals surface area (Å²) >= 11 is 0. The third-order valence-corrected chi connectivity index (χ3v) is 5.10. The maximum absolute atomic E-state index is 12.5. The van der Waals surface area contributed by atoms with Crippen LogP contribution in [0.5, 0.6) is 0 Å². The van der Waals surface area contributed by atoms with Crippen LogP contribution >= 0.6 is 0 Å². The van der Waals surface area contributed by atoms with Gasteiger partial charge in [-0.25, -0.2) is 0 Å². The van der Waals surface area contributed by atoms with Gasteiger partial charge in [-0.1, -0.05) is 12.8 Å². The van der Waals surface area contributed by atoms with Gasteiger partial charge in [-0.05, 0) is 32.1 Å². The molecule has 0 aromatic rings. The number of nitrogens with one attached hydrogen (secondary N) is 2. The Kier molecular flexibility index (Phi) is 8.01. The van der Waals surface area contributed by atoms with E-state index in [1.54, 1.807) is 7.05 Å². The molecule has 1 saturated heterocycles. The Bertz CT molecular complexity index is 475. The van der Waals surface area contributed by atoms with Crippen molar-refractivity contribution in [1.82, 2.24) is 15.5 Å². The van der Waals surface area contributed by atoms with Crippen LogP contribution < -0.4 is 10.6 Å². The summed E-state index contributed by atoms with van der Waals surface area (Å²) in [6.45, 7) is 2.36. The molecule has 142 valence electrons. The number of methoxy groups -OCH3 is 1. The minimum Gasteiger partial charge on any atom is -0.469 e. The number of rotatable bonds is 7. The maximum Gasteiger partial charge on any atom is 0.305 e. The fourth-order valence-electron chi connectivity index (χ4n) is 3.60. The summed E-state index contributed by atoms with van der Waals surface area (Å²) < 4.78 is 4.63. The molecule has 1 amide bonds. The Morgan fingerprint density at radius 3 is 2.64 bits per heavy atom. The van der Waals surface area contributed by atoms with Crippen LogP contribution in [0, 0.1) is 5.92 Å². The number of carbonyl (C=O) groups is 2. The van der Waals surface area contributed by atoms with Crippen molar-refractivity contribution in [2.24, 2.45) is 10.9 Å². The number of esters is 1. The van der Waals surface area contributed by atoms with Crippen LogP contribution in [0.2, 0.25) is 0 Å². The number of aliphatic imine (C=N–C) groups is 1. The smallest absolute Gasteiger partial charge is 0.305 e. The summed E-state index contributed by atoms with van der Waals surface area (Å²) in [6, 6.07) is 0.256. The van der Waals surface area contributed by atoms with Gasteiger partial charge in [0.25, 0.3) is 0 Å². The van der Waals surface area contributed by atoms with Crippen LogP contribution in [-0.4, -0.2) is 62.6 Å². The Labute approximate surface area is 150 Å². The third-order valence-electron chi connectivity index (χ3n) is 5.10. The first-order chi connectivity index (χ1) is 12.1. The molecule has 1 aliphatic heterocycles. The molecule has 2 fully saturated rings. The molecule has 1 aliphatic carbocycles. The second kappa shape index (κ2) is 10.3. The Balaban J connectivity index is 1.64. The topological polar surface area (TPSA) is 83.0 Å². The van der Waals surface area contributed by atoms with E-state index in [1.165, 1.54) is 20.0 Å². The molecule has 0 spiro atoms. The molecule has 2 aliphatic rings. The van der Waals surface area contributed by atoms with E-state index in [4.69, 9.17) is 0 Å². The van der Waals surface area contributed by atoms with Gasteiger partial charge in [0.2, 0.25) is 5.91 Å². The molecule has 2 N–H and O–H groups in total. The van der Waals surface area contributed by atoms with Crippen molar-refractivity contribution in [3.8, 4) is 0 Å². The summed E-state index contributed by atoms with van der Waals surface area (Å²) in [4.78, 5) is 29.8. The molecule has 0 radical (unpaired) electrons. The van der Waals surface area contributed by atoms with Gasteiger partial charge in [-0.3, -0.25) is 14.6 Å². The summed E-state index contributed by atoms with van der Waals surface area (Å²) in [6.07, 6.45) is 7.59. The molecule has 25 heavy (non-hydrogen) atoms. The third kappa shape index (κ3) is 6.21. The quantitative estimate of drug-likeness (QED) is 0.312. The Morgan fingerprint density at radius 2 is 1.96 bits per heavy atom. The average molecular weight is 352 g/mol. The van der Waals surface area contributed by atoms with Gasteiger partial charge in [-0.15, -0.1) is 0 Å². The van der Waals surface area contributed by atoms with Crippen LogP contribution in [0.4, 0.5) is 0 Å². The predicted molar refractivity (Wildman–Crippen MR) is 97.3 cm³/mol. The van der Waals surface area contributed by atoms with E-state index < -0.39 is 0 Å². The summed E-state index contributed by atoms with van der Waals surface area (Å²) in [5, 5.41) is 6.68. The van der Waals surface area contributed by atoms with E-state index in [-0.39, 0.29) is 17.9 Å². The minimum absolute atomic E-state index is 0.166. The number of hydrogen-bond acceptors (Lipinski definition) is 4. The second-order valence-corrected chi connectivity index (χ2v) is 6.93. The molecular weight excluding hydrogens is 320 g/mol. The second-order valence-electron chi connectivity index (χ2n) is 6.93. The lowest BCUT2D eigenvalue weighted by Gasteiger charge is -2.21. The van der Waals surface area contributed by atoms with Crippen molar-refractivity contribution in [3.63, 3.8) is 0 Å². The molecule has 7 nitrogen and oxygen atoms in total. The van der Waals surface area contributed by atoms with E-state index in [0.29, 0.717) is 12.3 Å². The highest BCUT2D eigenvalue weighted by molar-refractivity contribution is 5.81. The molecule has 1 atom stereocenters. The first-order valence-electron chi connectivity index (χ1n) is 9.46. The zero-order valence-corrected chi connectivity index (χ0v) is 15.6. The number of hydrogen-bond donors (Lipinski definition) is 2. The average Bonchev–Trinajstić information content (AvgIpc) is 3.31. The van der Waals surface area contributed by atoms with Gasteiger partial charge >= 0.3 is 5.97 Å². The van der Waals surface area contributed by atoms with Crippen LogP contribution in [0.25, 0.3) is 0 Å². The van der Waals surface area contributed by atoms with E-state index in [1.807, 2.05) is 4.90 Å². The normalized spacial score (nSPS) is 21.4. The first kappa shape index (κ1) is 19.5. The number of ether oxygens (including phenoxy) is 1. The van der Waals surface area contributed by atoms with Crippen LogP contribution in [0.15, 0.2) is 4.99 Å². The largest absolute Gasteiger partial charge is 0.469 e. The molecule has 0 aromatic carbocycles. The van der Waals surface area contributed by atoms with Gasteiger partial charge in [0.1, 0.15) is 0 Å². The lowest BCUT2D eigenvalue weighted by Crippen LogP contribution is -2.45. The number of unbranched alkanes of at least 4 members (excludes halogenated alkanes) is 1. The van der Waals surface area contributed by atoms with E-state index in [9.17, 15) is 9.59 Å². The zero-order valence-electron chi connectivity index (χ0n) is 15.6. The number of guanidine groups is 1. The van der Waals surface area contributed by atoms with Gasteiger partial charge < -0.3 is 20.3 Å². The zero-order chi connectivity index (χ0) is 18.1. The molecule has 1 heterocycles. The fraction of sp³-hybridized carbons (Fsp3) is 0.833. The molecular formula is C18H32N4O3. The van der Waals surface area contributed by atoms with Crippen molar-refractivity contribution >= 4 is 17.8 Å². The summed E-state index contributed by atoms with van der Waals surface area (Å²) in [5.74, 6) is 1.19. The number of carbonyl (C=O) groups excluding carboxylic acids is 2. The molecule has 0 bridgehead atoms. The van der Waals surface area contributed by atoms with Gasteiger partial charge in [0.05, 0.1) is 7.11 Å². The van der Waals surface area contributed by atoms with Gasteiger partial charge in [-0.2, -0.15) is 0 Å². The van der Waals surface area contributed by atoms with E-state index in [2.05, 4.69) is 20.4 Å². The predicted octanol–water partition coefficient (Wildman–Crippen LogP) is 1.29. The Morgan fingerprint density at radius 1 is 1.20 bits per heavy atom. The standard InChI is InChI=1S/C18H32N4O3/c1-19-18(20-11-6-5-9-16(23)25-2)21-15-10-12-22(13-15)17(24)14-7-3-4-8-14/h14-15H,3-13H2,1-2H3,(H2,19,20,21). The number of likely N-dealkylation sites (tertiary alicyclic amines) is 1. The van der Waals surface area contributed by atoms with Crippen LogP contribution in [0.1, 0.15) is 51.4 Å². The molecule has 2 rings (SSSR count). The van der Waals surface area contributed by atoms with Crippen molar-refractivity contribution in [3.05, 3.63) is 0 Å². The van der Waals surface area contributed by atoms with Crippen LogP contribution in [0.3, 0.4) is 0 Å². The molecule has 0 aromatic heterocycles. The highest BCUT2D eigenvalue weighted by atomic mass is 16.5. The SMILES string of the molecule is CN=C(NCCCCC(=O)OC)NC1CCN(C(=O)C2CCCC2)C1. The number of amides is 1. The molecule has 1 saturated carbocycles. The fourth-order valence-corrected chi connectivity index (χ4v) is 3.60. The number of nitrogens with zero attached hydrogens (tertiary/aromatic N) is 2. The first-order valence-corrected chi connectivity index (χ1v) is 9.46. The van der Waals surface area contributed by atoms with E-state index in [0.717, 1.165) is 57.7 Å². The van der Waals surface area contributed by atoms with Crippen LogP contribution in [-0.2, 0) is 14.3 Å². The van der Waals surface area contributed by atoms with Crippen molar-refractivity contribution in [2.75, 3.05) is 33.8 Å². The monoisotopic (exact) mass is 352 g/mol. The minimum atomic E-state index is -0.166. The highest BCUT2D eigenvalue weighted by Gasteiger charge is 2.32. The lowest BCUT2D eigenvalue weighted by molar-refractivity contribution is -0.140. The van der Waals surface area contributed by atoms with Gasteiger partial charge in [0, 0.05) is 45.1 Å².